The van der Waals surface area contributed by atoms with E-state index in [9.17, 15) is 9.18 Å². The van der Waals surface area contributed by atoms with Gasteiger partial charge in [0.25, 0.3) is 5.91 Å². The Morgan fingerprint density at radius 2 is 1.77 bits per heavy atom. The smallest absolute Gasteiger partial charge is 0.257 e. The molecular weight excluding hydrogens is 577 g/mol. The Kier molecular flexibility index (Phi) is 10.4. The van der Waals surface area contributed by atoms with E-state index in [-0.39, 0.29) is 29.4 Å². The Bertz CT molecular complexity index is 1420. The van der Waals surface area contributed by atoms with E-state index in [1.165, 1.54) is 28.7 Å². The minimum atomic E-state index is -0.585. The molecule has 234 valence electrons. The molecule has 2 aliphatic heterocycles. The molecule has 10 heteroatoms. The number of amides is 1. The molecule has 2 aromatic carbocycles. The molecule has 2 saturated heterocycles. The summed E-state index contributed by atoms with van der Waals surface area (Å²) in [6, 6.07) is 16.0. The Balaban J connectivity index is 1.23. The number of aromatic nitrogens is 1. The third kappa shape index (κ3) is 8.17. The number of nitrogens with zero attached hydrogens (tertiary/aromatic N) is 3. The number of nitrogens with one attached hydrogen (secondary N) is 1. The fraction of sp³-hybridized carbons (Fsp3) is 0.471. The highest BCUT2D eigenvalue weighted by Gasteiger charge is 2.24. The van der Waals surface area contributed by atoms with Gasteiger partial charge in [-0.25, -0.2) is 9.37 Å². The number of morpholine rings is 1. The summed E-state index contributed by atoms with van der Waals surface area (Å²) in [5.41, 5.74) is 10.8. The third-order valence-electron chi connectivity index (χ3n) is 8.71. The average Bonchev–Trinajstić information content (AvgIpc) is 3.04. The lowest BCUT2D eigenvalue weighted by molar-refractivity contribution is 0.0342. The molecule has 3 fully saturated rings. The minimum Gasteiger partial charge on any atom is -0.438 e. The highest BCUT2D eigenvalue weighted by Crippen LogP contribution is 2.32. The van der Waals surface area contributed by atoms with Crippen molar-refractivity contribution in [1.82, 2.24) is 20.1 Å². The molecule has 44 heavy (non-hydrogen) atoms. The van der Waals surface area contributed by atoms with Crippen molar-refractivity contribution in [3.05, 3.63) is 77.2 Å². The van der Waals surface area contributed by atoms with E-state index in [1.807, 2.05) is 30.0 Å². The summed E-state index contributed by atoms with van der Waals surface area (Å²) in [5.74, 6) is 2.02. The van der Waals surface area contributed by atoms with Gasteiger partial charge in [-0.1, -0.05) is 30.3 Å². The van der Waals surface area contributed by atoms with Crippen molar-refractivity contribution in [3.8, 4) is 22.8 Å². The number of ether oxygens (including phenoxy) is 2. The maximum Gasteiger partial charge on any atom is 0.257 e. The van der Waals surface area contributed by atoms with E-state index < -0.39 is 5.82 Å². The van der Waals surface area contributed by atoms with Crippen LogP contribution in [-0.2, 0) is 17.8 Å². The van der Waals surface area contributed by atoms with Crippen molar-refractivity contribution >= 4 is 17.7 Å². The number of carbonyl (C=O) groups is 1. The largest absolute Gasteiger partial charge is 0.438 e. The second-order valence-corrected chi connectivity index (χ2v) is 13.2. The third-order valence-corrected chi connectivity index (χ3v) is 9.65. The molecule has 0 bridgehead atoms. The number of benzene rings is 2. The number of carbonyl (C=O) groups excluding carboxylic acids is 1. The van der Waals surface area contributed by atoms with Crippen molar-refractivity contribution in [2.24, 2.45) is 5.73 Å². The van der Waals surface area contributed by atoms with Crippen LogP contribution in [0.2, 0.25) is 0 Å². The minimum absolute atomic E-state index is 0.00315. The number of hydrogen-bond donors (Lipinski definition) is 2. The summed E-state index contributed by atoms with van der Waals surface area (Å²) in [6.45, 7) is 7.35. The predicted octanol–water partition coefficient (Wildman–Crippen LogP) is 5.06. The summed E-state index contributed by atoms with van der Waals surface area (Å²) in [7, 11) is 0. The molecule has 3 aromatic rings. The van der Waals surface area contributed by atoms with Gasteiger partial charge in [-0.3, -0.25) is 14.6 Å². The molecule has 3 aliphatic rings. The first-order valence-corrected chi connectivity index (χ1v) is 16.9. The van der Waals surface area contributed by atoms with Crippen LogP contribution in [0.1, 0.15) is 47.2 Å². The highest BCUT2D eigenvalue weighted by molar-refractivity contribution is 7.99. The first kappa shape index (κ1) is 31.0. The Morgan fingerprint density at radius 3 is 2.57 bits per heavy atom. The lowest BCUT2D eigenvalue weighted by Gasteiger charge is -2.29. The lowest BCUT2D eigenvalue weighted by atomic mass is 9.91. The molecule has 1 amide bonds. The van der Waals surface area contributed by atoms with E-state index >= 15 is 0 Å². The van der Waals surface area contributed by atoms with Gasteiger partial charge >= 0.3 is 0 Å². The SMILES string of the molecule is N[C@H]1CC[C@H](NC(=O)c2cc(F)cnc2Oc2cccc(-c3ccc(CN4CCSCC4)cc3CN3CCOCC3)c2)CC1. The van der Waals surface area contributed by atoms with Crippen molar-refractivity contribution in [3.63, 3.8) is 0 Å². The van der Waals surface area contributed by atoms with Crippen LogP contribution in [0.25, 0.3) is 11.1 Å². The summed E-state index contributed by atoms with van der Waals surface area (Å²) >= 11 is 2.03. The maximum absolute atomic E-state index is 14.2. The second kappa shape index (κ2) is 14.8. The fourth-order valence-corrected chi connectivity index (χ4v) is 7.19. The number of hydrogen-bond acceptors (Lipinski definition) is 8. The molecule has 3 heterocycles. The highest BCUT2D eigenvalue weighted by atomic mass is 32.2. The van der Waals surface area contributed by atoms with Crippen LogP contribution in [0.5, 0.6) is 11.6 Å². The van der Waals surface area contributed by atoms with Crippen LogP contribution in [0, 0.1) is 5.82 Å². The van der Waals surface area contributed by atoms with Gasteiger partial charge in [0.15, 0.2) is 0 Å². The van der Waals surface area contributed by atoms with E-state index in [0.717, 1.165) is 95.5 Å². The van der Waals surface area contributed by atoms with Crippen molar-refractivity contribution < 1.29 is 18.7 Å². The zero-order valence-electron chi connectivity index (χ0n) is 25.2. The second-order valence-electron chi connectivity index (χ2n) is 12.0. The molecule has 1 aliphatic carbocycles. The van der Waals surface area contributed by atoms with Crippen molar-refractivity contribution in [1.29, 1.82) is 0 Å². The van der Waals surface area contributed by atoms with Gasteiger partial charge in [0.1, 0.15) is 17.1 Å². The summed E-state index contributed by atoms with van der Waals surface area (Å²) in [5, 5.41) is 3.03. The van der Waals surface area contributed by atoms with Crippen LogP contribution >= 0.6 is 11.8 Å². The van der Waals surface area contributed by atoms with Crippen LogP contribution in [-0.4, -0.2) is 83.7 Å². The standard InChI is InChI=1S/C34H42FN5O3S/c35-27-20-32(33(41)38-29-7-5-28(36)6-8-29)34(37-21-27)43-30-3-1-2-25(19-30)31-9-4-24(22-40-12-16-44-17-13-40)18-26(31)23-39-10-14-42-15-11-39/h1-4,9,18-21,28-29H,5-8,10-17,22-23,36H2,(H,38,41)/t28-,29-. The maximum atomic E-state index is 14.2. The molecule has 0 spiro atoms. The molecule has 1 saturated carbocycles. The molecule has 3 N–H and O–H groups in total. The van der Waals surface area contributed by atoms with Gasteiger partial charge in [0, 0.05) is 62.9 Å². The molecular formula is C34H42FN5O3S. The molecule has 0 atom stereocenters. The Morgan fingerprint density at radius 1 is 1.00 bits per heavy atom. The van der Waals surface area contributed by atoms with Crippen molar-refractivity contribution in [2.45, 2.75) is 50.9 Å². The molecule has 0 radical (unpaired) electrons. The molecule has 1 aromatic heterocycles. The zero-order valence-corrected chi connectivity index (χ0v) is 26.0. The average molecular weight is 620 g/mol. The molecule has 6 rings (SSSR count). The predicted molar refractivity (Wildman–Crippen MR) is 173 cm³/mol. The fourth-order valence-electron chi connectivity index (χ4n) is 6.21. The van der Waals surface area contributed by atoms with Crippen LogP contribution in [0.15, 0.2) is 54.7 Å². The first-order chi connectivity index (χ1) is 21.5. The quantitative estimate of drug-likeness (QED) is 0.344. The molecule has 0 unspecified atom stereocenters. The van der Waals surface area contributed by atoms with E-state index in [2.05, 4.69) is 44.4 Å². The van der Waals surface area contributed by atoms with E-state index in [1.54, 1.807) is 0 Å². The van der Waals surface area contributed by atoms with Gasteiger partial charge in [0.05, 0.1) is 19.4 Å². The topological polar surface area (TPSA) is 92.9 Å². The van der Waals surface area contributed by atoms with Gasteiger partial charge in [0.2, 0.25) is 5.88 Å². The monoisotopic (exact) mass is 619 g/mol. The van der Waals surface area contributed by atoms with Gasteiger partial charge in [-0.05, 0) is 66.1 Å². The normalized spacial score (nSPS) is 21.6. The zero-order chi connectivity index (χ0) is 30.3. The van der Waals surface area contributed by atoms with E-state index in [0.29, 0.717) is 5.75 Å². The number of thioether (sulfide) groups is 1. The summed E-state index contributed by atoms with van der Waals surface area (Å²) in [4.78, 5) is 22.3. The van der Waals surface area contributed by atoms with Gasteiger partial charge in [-0.15, -0.1) is 0 Å². The number of rotatable bonds is 9. The Labute approximate surface area is 263 Å². The number of pyridine rings is 1. The number of nitrogens with two attached hydrogens (primary N) is 1. The number of halogens is 1. The van der Waals surface area contributed by atoms with E-state index in [4.69, 9.17) is 15.2 Å². The van der Waals surface area contributed by atoms with Crippen LogP contribution in [0.3, 0.4) is 0 Å². The van der Waals surface area contributed by atoms with Gasteiger partial charge in [-0.2, -0.15) is 11.8 Å². The van der Waals surface area contributed by atoms with Crippen LogP contribution < -0.4 is 15.8 Å². The van der Waals surface area contributed by atoms with Crippen LogP contribution in [0.4, 0.5) is 4.39 Å². The first-order valence-electron chi connectivity index (χ1n) is 15.7. The van der Waals surface area contributed by atoms with Crippen molar-refractivity contribution in [2.75, 3.05) is 50.9 Å². The summed E-state index contributed by atoms with van der Waals surface area (Å²) < 4.78 is 26.0. The molecule has 8 nitrogen and oxygen atoms in total. The lowest BCUT2D eigenvalue weighted by Crippen LogP contribution is -2.40. The van der Waals surface area contributed by atoms with Gasteiger partial charge < -0.3 is 20.5 Å². The summed E-state index contributed by atoms with van der Waals surface area (Å²) in [6.07, 6.45) is 4.39. The Hall–Kier alpha value is -3.02.